The second kappa shape index (κ2) is 25.4. The Hall–Kier alpha value is -3.26. The summed E-state index contributed by atoms with van der Waals surface area (Å²) in [5.74, 6) is 0. The molecule has 10 rings (SSSR count). The summed E-state index contributed by atoms with van der Waals surface area (Å²) >= 11 is -0.826. The molecule has 0 amide bonds. The Kier molecular flexibility index (Phi) is 19.5. The molecule has 2 saturated carbocycles. The molecule has 66 heavy (non-hydrogen) atoms. The summed E-state index contributed by atoms with van der Waals surface area (Å²) in [4.78, 5) is 0. The monoisotopic (exact) mass is 1000 g/mol. The van der Waals surface area contributed by atoms with Gasteiger partial charge in [0.15, 0.2) is 0 Å². The second-order valence-electron chi connectivity index (χ2n) is 20.2. The van der Waals surface area contributed by atoms with Crippen LogP contribution in [0.4, 0.5) is 0 Å². The fourth-order valence-electron chi connectivity index (χ4n) is 11.4. The zero-order valence-corrected chi connectivity index (χ0v) is 45.3. The first kappa shape index (κ1) is 50.6. The van der Waals surface area contributed by atoms with Gasteiger partial charge in [0, 0.05) is 9.52 Å². The zero-order chi connectivity index (χ0) is 46.2. The van der Waals surface area contributed by atoms with Crippen molar-refractivity contribution >= 4 is 69.6 Å². The van der Waals surface area contributed by atoms with Gasteiger partial charge in [-0.2, -0.15) is 12.1 Å². The molecule has 2 radical (unpaired) electrons. The van der Waals surface area contributed by atoms with Crippen molar-refractivity contribution in [3.05, 3.63) is 157 Å². The molecule has 2 aliphatic rings. The van der Waals surface area contributed by atoms with Gasteiger partial charge in [-0.1, -0.05) is 212 Å². The van der Waals surface area contributed by atoms with E-state index in [4.69, 9.17) is 17.0 Å². The number of halogens is 2. The van der Waals surface area contributed by atoms with Crippen molar-refractivity contribution in [2.75, 3.05) is 0 Å². The second-order valence-corrected chi connectivity index (χ2v) is 24.9. The van der Waals surface area contributed by atoms with Crippen molar-refractivity contribution in [3.8, 4) is 22.3 Å². The SMILES string of the molecule is CC1(Cc2cc3c(-c4cccc5ccccc45)cccc3[cH-]2)CCCCCCCC1.CC1(Cc2cc3c(-c4cccc5ccccc45)cccc3[cH-]2)CCCCCCCC1.C[Si]C.[Cl][Zr+2][Cl]. The molecular formula is C62H72Cl2SiZr. The zero-order valence-electron chi connectivity index (χ0n) is 40.3. The first-order valence-electron chi connectivity index (χ1n) is 25.1. The van der Waals surface area contributed by atoms with Gasteiger partial charge in [0.1, 0.15) is 0 Å². The van der Waals surface area contributed by atoms with E-state index in [1.165, 1.54) is 192 Å². The first-order chi connectivity index (χ1) is 32.3. The van der Waals surface area contributed by atoms with Crippen LogP contribution in [0.1, 0.15) is 128 Å². The van der Waals surface area contributed by atoms with E-state index in [1.54, 1.807) is 0 Å². The van der Waals surface area contributed by atoms with Crippen LogP contribution < -0.4 is 0 Å². The van der Waals surface area contributed by atoms with Crippen molar-refractivity contribution in [2.24, 2.45) is 10.8 Å². The molecule has 8 aromatic rings. The molecule has 0 aliphatic heterocycles. The Bertz CT molecular complexity index is 2500. The predicted molar refractivity (Wildman–Crippen MR) is 292 cm³/mol. The number of benzene rings is 6. The average Bonchev–Trinajstić information content (AvgIpc) is 3.98. The normalized spacial score (nSPS) is 16.3. The number of fused-ring (bicyclic) bond motifs is 4. The van der Waals surface area contributed by atoms with Gasteiger partial charge in [0.25, 0.3) is 0 Å². The summed E-state index contributed by atoms with van der Waals surface area (Å²) in [6, 6.07) is 54.4. The van der Waals surface area contributed by atoms with Gasteiger partial charge in [-0.15, -0.1) is 69.1 Å². The minimum absolute atomic E-state index is 0.453. The number of rotatable bonds is 6. The average molecular weight is 1010 g/mol. The van der Waals surface area contributed by atoms with Gasteiger partial charge in [-0.3, -0.25) is 0 Å². The Morgan fingerprint density at radius 3 is 1.08 bits per heavy atom. The molecule has 0 atom stereocenters. The predicted octanol–water partition coefficient (Wildman–Crippen LogP) is 20.3. The fraction of sp³-hybridized carbons (Fsp3) is 0.387. The maximum absolute atomic E-state index is 4.93. The van der Waals surface area contributed by atoms with E-state index in [9.17, 15) is 0 Å². The van der Waals surface area contributed by atoms with Crippen LogP contribution in [0.15, 0.2) is 146 Å². The Labute approximate surface area is 419 Å². The first-order valence-corrected chi connectivity index (χ1v) is 33.5. The Balaban J connectivity index is 0.000000176. The van der Waals surface area contributed by atoms with E-state index in [0.29, 0.717) is 10.8 Å². The van der Waals surface area contributed by atoms with Crippen molar-refractivity contribution in [1.29, 1.82) is 0 Å². The summed E-state index contributed by atoms with van der Waals surface area (Å²) in [7, 11) is 11.0. The number of hydrogen-bond donors (Lipinski definition) is 0. The molecule has 0 N–H and O–H groups in total. The van der Waals surface area contributed by atoms with Crippen molar-refractivity contribution < 1.29 is 20.8 Å². The van der Waals surface area contributed by atoms with E-state index in [-0.39, 0.29) is 0 Å². The van der Waals surface area contributed by atoms with Crippen molar-refractivity contribution in [1.82, 2.24) is 0 Å². The molecule has 0 bridgehead atoms. The molecule has 0 saturated heterocycles. The number of hydrogen-bond acceptors (Lipinski definition) is 0. The minimum atomic E-state index is -0.826. The third kappa shape index (κ3) is 13.5. The molecule has 2 aliphatic carbocycles. The molecule has 8 aromatic carbocycles. The van der Waals surface area contributed by atoms with Crippen LogP contribution in [-0.4, -0.2) is 9.52 Å². The van der Waals surface area contributed by atoms with Crippen LogP contribution >= 0.6 is 17.0 Å². The van der Waals surface area contributed by atoms with Crippen LogP contribution in [0.5, 0.6) is 0 Å². The molecular weight excluding hydrogens is 935 g/mol. The molecule has 0 heterocycles. The van der Waals surface area contributed by atoms with Crippen LogP contribution in [0.2, 0.25) is 13.1 Å². The molecule has 0 unspecified atom stereocenters. The standard InChI is InChI=1S/2C30H33.C2H6Si.2ClH.Zr/c2*1-30(18-8-4-2-3-5-9-19-30)22-23-20-25-14-11-17-28(29(25)21-23)27-16-10-13-24-12-6-7-15-26(24)27;1-3-2;;;/h2*6-7,10-17,20-21H,2-5,8-9,18-19,22H2,1H3;1-2H3;2*1H;/q2*-1;;;;+4/p-2. The molecule has 0 spiro atoms. The summed E-state index contributed by atoms with van der Waals surface area (Å²) in [5, 5.41) is 10.9. The third-order valence-corrected chi connectivity index (χ3v) is 14.7. The van der Waals surface area contributed by atoms with Crippen molar-refractivity contribution in [2.45, 2.75) is 143 Å². The van der Waals surface area contributed by atoms with Crippen molar-refractivity contribution in [3.63, 3.8) is 0 Å². The van der Waals surface area contributed by atoms with Gasteiger partial charge in [0.2, 0.25) is 0 Å². The summed E-state index contributed by atoms with van der Waals surface area (Å²) in [5.41, 5.74) is 9.40. The van der Waals surface area contributed by atoms with Gasteiger partial charge >= 0.3 is 37.9 Å². The van der Waals surface area contributed by atoms with E-state index < -0.39 is 20.8 Å². The van der Waals surface area contributed by atoms with E-state index in [0.717, 1.165) is 9.52 Å². The quantitative estimate of drug-likeness (QED) is 0.115. The third-order valence-electron chi connectivity index (χ3n) is 14.7. The molecule has 0 nitrogen and oxygen atoms in total. The van der Waals surface area contributed by atoms with E-state index in [2.05, 4.69) is 173 Å². The summed E-state index contributed by atoms with van der Waals surface area (Å²) < 4.78 is 0. The van der Waals surface area contributed by atoms with Gasteiger partial charge in [-0.25, -0.2) is 0 Å². The van der Waals surface area contributed by atoms with Crippen LogP contribution in [0.25, 0.3) is 65.3 Å². The van der Waals surface area contributed by atoms with Crippen LogP contribution in [-0.2, 0) is 33.7 Å². The summed E-state index contributed by atoms with van der Waals surface area (Å²) in [6.07, 6.45) is 25.0. The van der Waals surface area contributed by atoms with Gasteiger partial charge < -0.3 is 0 Å². The fourth-order valence-corrected chi connectivity index (χ4v) is 11.4. The Morgan fingerprint density at radius 1 is 0.424 bits per heavy atom. The molecule has 0 aromatic heterocycles. The molecule has 2 fully saturated rings. The van der Waals surface area contributed by atoms with Crippen LogP contribution in [0, 0.1) is 10.8 Å². The Morgan fingerprint density at radius 2 is 0.712 bits per heavy atom. The molecule has 4 heteroatoms. The van der Waals surface area contributed by atoms with Crippen LogP contribution in [0.3, 0.4) is 0 Å². The van der Waals surface area contributed by atoms with E-state index >= 15 is 0 Å². The van der Waals surface area contributed by atoms with E-state index in [1.807, 2.05) is 0 Å². The summed E-state index contributed by atoms with van der Waals surface area (Å²) in [6.45, 7) is 9.39. The topological polar surface area (TPSA) is 0 Å². The molecule has 342 valence electrons. The van der Waals surface area contributed by atoms with Gasteiger partial charge in [0.05, 0.1) is 0 Å². The van der Waals surface area contributed by atoms with Gasteiger partial charge in [-0.05, 0) is 82.0 Å². The maximum atomic E-state index is 4.93.